The quantitative estimate of drug-likeness (QED) is 0.787. The van der Waals surface area contributed by atoms with Crippen molar-refractivity contribution >= 4 is 5.91 Å². The van der Waals surface area contributed by atoms with Crippen LogP contribution in [0.5, 0.6) is 0 Å². The highest BCUT2D eigenvalue weighted by atomic mass is 16.1. The van der Waals surface area contributed by atoms with Crippen LogP contribution >= 0.6 is 0 Å². The molecule has 1 aromatic carbocycles. The van der Waals surface area contributed by atoms with Crippen LogP contribution in [0.25, 0.3) is 17.1 Å². The van der Waals surface area contributed by atoms with Crippen molar-refractivity contribution in [1.29, 1.82) is 0 Å². The number of pyridine rings is 1. The molecule has 1 aliphatic heterocycles. The molecule has 4 rings (SSSR count). The van der Waals surface area contributed by atoms with E-state index in [1.165, 1.54) is 0 Å². The van der Waals surface area contributed by atoms with Crippen LogP contribution in [0.15, 0.2) is 55.1 Å². The Morgan fingerprint density at radius 3 is 3.00 bits per heavy atom. The van der Waals surface area contributed by atoms with Gasteiger partial charge in [-0.05, 0) is 36.2 Å². The van der Waals surface area contributed by atoms with Crippen molar-refractivity contribution in [3.8, 4) is 17.1 Å². The lowest BCUT2D eigenvalue weighted by Gasteiger charge is -2.18. The standard InChI is InChI=1S/C17H14N4O/c22-17-15-10-14(4-3-12(15)5-7-20-17)21-9-8-19-16(21)13-2-1-6-18-11-13/h1-4,6,8-11H,5,7H2,(H,20,22). The molecule has 0 saturated heterocycles. The van der Waals surface area contributed by atoms with Gasteiger partial charge in [-0.25, -0.2) is 4.98 Å². The van der Waals surface area contributed by atoms with Crippen LogP contribution in [0.1, 0.15) is 15.9 Å². The lowest BCUT2D eigenvalue weighted by Crippen LogP contribution is -2.31. The number of nitrogens with one attached hydrogen (secondary N) is 1. The van der Waals surface area contributed by atoms with Gasteiger partial charge in [0.25, 0.3) is 5.91 Å². The van der Waals surface area contributed by atoms with E-state index in [1.807, 2.05) is 41.1 Å². The first-order valence-electron chi connectivity index (χ1n) is 7.18. The molecule has 22 heavy (non-hydrogen) atoms. The number of nitrogens with zero attached hydrogens (tertiary/aromatic N) is 3. The fourth-order valence-electron chi connectivity index (χ4n) is 2.77. The van der Waals surface area contributed by atoms with Crippen molar-refractivity contribution in [1.82, 2.24) is 19.9 Å². The molecular weight excluding hydrogens is 276 g/mol. The molecule has 108 valence electrons. The summed E-state index contributed by atoms with van der Waals surface area (Å²) in [7, 11) is 0. The van der Waals surface area contributed by atoms with E-state index in [4.69, 9.17) is 0 Å². The SMILES string of the molecule is O=C1NCCc2ccc(-n3ccnc3-c3cccnc3)cc21. The van der Waals surface area contributed by atoms with E-state index in [-0.39, 0.29) is 5.91 Å². The number of hydrogen-bond acceptors (Lipinski definition) is 3. The van der Waals surface area contributed by atoms with E-state index < -0.39 is 0 Å². The average Bonchev–Trinajstić information content (AvgIpc) is 3.05. The van der Waals surface area contributed by atoms with Gasteiger partial charge >= 0.3 is 0 Å². The number of benzene rings is 1. The number of aromatic nitrogens is 3. The Balaban J connectivity index is 1.83. The smallest absolute Gasteiger partial charge is 0.251 e. The Morgan fingerprint density at radius 2 is 2.14 bits per heavy atom. The summed E-state index contributed by atoms with van der Waals surface area (Å²) in [6, 6.07) is 9.83. The lowest BCUT2D eigenvalue weighted by atomic mass is 9.99. The van der Waals surface area contributed by atoms with Crippen LogP contribution < -0.4 is 5.32 Å². The molecule has 0 atom stereocenters. The van der Waals surface area contributed by atoms with Crippen LogP contribution in [0.4, 0.5) is 0 Å². The summed E-state index contributed by atoms with van der Waals surface area (Å²) < 4.78 is 1.97. The molecule has 0 unspecified atom stereocenters. The molecule has 5 heteroatoms. The summed E-state index contributed by atoms with van der Waals surface area (Å²) >= 11 is 0. The van der Waals surface area contributed by atoms with Crippen molar-refractivity contribution in [2.24, 2.45) is 0 Å². The summed E-state index contributed by atoms with van der Waals surface area (Å²) in [6.45, 7) is 0.706. The van der Waals surface area contributed by atoms with E-state index in [1.54, 1.807) is 18.6 Å². The summed E-state index contributed by atoms with van der Waals surface area (Å²) in [5.74, 6) is 0.801. The van der Waals surface area contributed by atoms with Gasteiger partial charge < -0.3 is 5.32 Å². The van der Waals surface area contributed by atoms with Gasteiger partial charge in [0.05, 0.1) is 0 Å². The van der Waals surface area contributed by atoms with Crippen LogP contribution in [-0.4, -0.2) is 27.0 Å². The minimum atomic E-state index is -0.00820. The maximum Gasteiger partial charge on any atom is 0.251 e. The van der Waals surface area contributed by atoms with E-state index in [9.17, 15) is 4.79 Å². The number of carbonyl (C=O) groups excluding carboxylic acids is 1. The Hall–Kier alpha value is -2.95. The zero-order valence-corrected chi connectivity index (χ0v) is 11.9. The highest BCUT2D eigenvalue weighted by molar-refractivity contribution is 5.97. The molecule has 0 radical (unpaired) electrons. The Bertz CT molecular complexity index is 839. The normalized spacial score (nSPS) is 13.5. The third kappa shape index (κ3) is 2.07. The number of hydrogen-bond donors (Lipinski definition) is 1. The predicted molar refractivity (Wildman–Crippen MR) is 82.8 cm³/mol. The zero-order valence-electron chi connectivity index (χ0n) is 11.9. The van der Waals surface area contributed by atoms with E-state index >= 15 is 0 Å². The lowest BCUT2D eigenvalue weighted by molar-refractivity contribution is 0.0946. The number of imidazole rings is 1. The number of fused-ring (bicyclic) bond motifs is 1. The van der Waals surface area contributed by atoms with Crippen molar-refractivity contribution in [3.63, 3.8) is 0 Å². The topological polar surface area (TPSA) is 59.8 Å². The Labute approximate surface area is 127 Å². The number of carbonyl (C=O) groups is 1. The number of amides is 1. The summed E-state index contributed by atoms with van der Waals surface area (Å²) in [5, 5.41) is 2.88. The third-order valence-corrected chi connectivity index (χ3v) is 3.86. The molecule has 1 amide bonds. The molecular formula is C17H14N4O. The van der Waals surface area contributed by atoms with Gasteiger partial charge in [0.15, 0.2) is 0 Å². The van der Waals surface area contributed by atoms with E-state index in [0.29, 0.717) is 6.54 Å². The first-order chi connectivity index (χ1) is 10.8. The minimum absolute atomic E-state index is 0.00820. The van der Waals surface area contributed by atoms with Gasteiger partial charge in [0.2, 0.25) is 0 Å². The van der Waals surface area contributed by atoms with Gasteiger partial charge in [0, 0.05) is 48.1 Å². The number of rotatable bonds is 2. The highest BCUT2D eigenvalue weighted by Crippen LogP contribution is 2.23. The molecule has 0 fully saturated rings. The zero-order chi connectivity index (χ0) is 14.9. The summed E-state index contributed by atoms with van der Waals surface area (Å²) in [5.41, 5.74) is 3.70. The van der Waals surface area contributed by atoms with Gasteiger partial charge in [-0.1, -0.05) is 6.07 Å². The van der Waals surface area contributed by atoms with Crippen molar-refractivity contribution in [2.75, 3.05) is 6.54 Å². The second kappa shape index (κ2) is 5.11. The molecule has 5 nitrogen and oxygen atoms in total. The second-order valence-electron chi connectivity index (χ2n) is 5.21. The molecule has 2 aromatic heterocycles. The van der Waals surface area contributed by atoms with Gasteiger partial charge in [-0.2, -0.15) is 0 Å². The molecule has 3 heterocycles. The largest absolute Gasteiger partial charge is 0.352 e. The minimum Gasteiger partial charge on any atom is -0.352 e. The second-order valence-corrected chi connectivity index (χ2v) is 5.21. The molecule has 0 bridgehead atoms. The first-order valence-corrected chi connectivity index (χ1v) is 7.18. The van der Waals surface area contributed by atoms with E-state index in [0.717, 1.165) is 34.6 Å². The predicted octanol–water partition coefficient (Wildman–Crippen LogP) is 2.22. The fraction of sp³-hybridized carbons (Fsp3) is 0.118. The molecule has 0 saturated carbocycles. The van der Waals surface area contributed by atoms with Crippen molar-refractivity contribution < 1.29 is 4.79 Å². The first kappa shape index (κ1) is 12.8. The maximum atomic E-state index is 12.0. The van der Waals surface area contributed by atoms with Gasteiger partial charge in [0.1, 0.15) is 5.82 Å². The fourth-order valence-corrected chi connectivity index (χ4v) is 2.77. The molecule has 1 N–H and O–H groups in total. The average molecular weight is 290 g/mol. The molecule has 0 spiro atoms. The maximum absolute atomic E-state index is 12.0. The van der Waals surface area contributed by atoms with Crippen LogP contribution in [-0.2, 0) is 6.42 Å². The third-order valence-electron chi connectivity index (χ3n) is 3.86. The Morgan fingerprint density at radius 1 is 1.18 bits per heavy atom. The van der Waals surface area contributed by atoms with E-state index in [2.05, 4.69) is 15.3 Å². The summed E-state index contributed by atoms with van der Waals surface area (Å²) in [6.07, 6.45) is 8.04. The molecule has 3 aromatic rings. The monoisotopic (exact) mass is 290 g/mol. The van der Waals surface area contributed by atoms with Crippen molar-refractivity contribution in [2.45, 2.75) is 6.42 Å². The highest BCUT2D eigenvalue weighted by Gasteiger charge is 2.18. The van der Waals surface area contributed by atoms with Crippen molar-refractivity contribution in [3.05, 3.63) is 66.2 Å². The van der Waals surface area contributed by atoms with Crippen LogP contribution in [0, 0.1) is 0 Å². The molecule has 0 aliphatic carbocycles. The van der Waals surface area contributed by atoms with Crippen LogP contribution in [0.2, 0.25) is 0 Å². The van der Waals surface area contributed by atoms with Gasteiger partial charge in [-0.3, -0.25) is 14.3 Å². The summed E-state index contributed by atoms with van der Waals surface area (Å²) in [4.78, 5) is 20.6. The van der Waals surface area contributed by atoms with Gasteiger partial charge in [-0.15, -0.1) is 0 Å². The Kier molecular flexibility index (Phi) is 2.96. The molecule has 1 aliphatic rings. The van der Waals surface area contributed by atoms with Crippen LogP contribution in [0.3, 0.4) is 0 Å².